The molecule has 1 atom stereocenters. The van der Waals surface area contributed by atoms with Gasteiger partial charge in [0.1, 0.15) is 5.78 Å². The first-order valence-electron chi connectivity index (χ1n) is 6.93. The summed E-state index contributed by atoms with van der Waals surface area (Å²) in [6.07, 6.45) is 4.33. The Bertz CT molecular complexity index is 357. The van der Waals surface area contributed by atoms with Crippen LogP contribution in [0.3, 0.4) is 0 Å². The van der Waals surface area contributed by atoms with Crippen molar-refractivity contribution in [3.63, 3.8) is 0 Å². The van der Waals surface area contributed by atoms with Crippen molar-refractivity contribution in [1.82, 2.24) is 4.98 Å². The van der Waals surface area contributed by atoms with Crippen molar-refractivity contribution < 1.29 is 4.79 Å². The predicted molar refractivity (Wildman–Crippen MR) is 75.3 cm³/mol. The van der Waals surface area contributed by atoms with E-state index >= 15 is 0 Å². The second-order valence-electron chi connectivity index (χ2n) is 5.77. The van der Waals surface area contributed by atoms with Crippen molar-refractivity contribution in [2.75, 3.05) is 0 Å². The van der Waals surface area contributed by atoms with E-state index in [9.17, 15) is 4.79 Å². The third kappa shape index (κ3) is 4.99. The van der Waals surface area contributed by atoms with Gasteiger partial charge in [0, 0.05) is 24.2 Å². The number of aryl methyl sites for hydroxylation is 1. The van der Waals surface area contributed by atoms with Gasteiger partial charge < -0.3 is 0 Å². The average Bonchev–Trinajstić information content (AvgIpc) is 2.29. The Labute approximate surface area is 111 Å². The highest BCUT2D eigenvalue weighted by Crippen LogP contribution is 2.21. The molecule has 2 nitrogen and oxygen atoms in total. The number of carbonyl (C=O) groups is 1. The molecule has 2 heteroatoms. The Hall–Kier alpha value is -1.18. The highest BCUT2D eigenvalue weighted by atomic mass is 16.1. The van der Waals surface area contributed by atoms with Crippen LogP contribution in [0, 0.1) is 17.8 Å². The van der Waals surface area contributed by atoms with Gasteiger partial charge in [-0.05, 0) is 36.8 Å². The molecule has 100 valence electrons. The van der Waals surface area contributed by atoms with Crippen molar-refractivity contribution in [1.29, 1.82) is 0 Å². The third-order valence-electron chi connectivity index (χ3n) is 3.27. The monoisotopic (exact) mass is 247 g/mol. The minimum atomic E-state index is 0.175. The number of nitrogens with zero attached hydrogens (tertiary/aromatic N) is 1. The SMILES string of the molecule is CC(C)CC(=O)[C@H](CCc1ccccn1)C(C)C. The van der Waals surface area contributed by atoms with Crippen LogP contribution in [0.2, 0.25) is 0 Å². The fourth-order valence-corrected chi connectivity index (χ4v) is 2.27. The molecule has 1 aromatic rings. The Morgan fingerprint density at radius 3 is 2.44 bits per heavy atom. The van der Waals surface area contributed by atoms with Crippen LogP contribution in [0.4, 0.5) is 0 Å². The summed E-state index contributed by atoms with van der Waals surface area (Å²) in [6, 6.07) is 5.96. The van der Waals surface area contributed by atoms with E-state index in [0.29, 0.717) is 24.0 Å². The summed E-state index contributed by atoms with van der Waals surface area (Å²) in [7, 11) is 0. The number of rotatable bonds is 7. The van der Waals surface area contributed by atoms with Crippen LogP contribution in [0.15, 0.2) is 24.4 Å². The zero-order valence-corrected chi connectivity index (χ0v) is 12.0. The van der Waals surface area contributed by atoms with Crippen LogP contribution in [0.25, 0.3) is 0 Å². The molecule has 0 aliphatic carbocycles. The summed E-state index contributed by atoms with van der Waals surface area (Å²) in [5, 5.41) is 0. The van der Waals surface area contributed by atoms with E-state index in [-0.39, 0.29) is 5.92 Å². The van der Waals surface area contributed by atoms with Crippen LogP contribution in [0.1, 0.15) is 46.2 Å². The summed E-state index contributed by atoms with van der Waals surface area (Å²) in [5.41, 5.74) is 1.08. The standard InChI is InChI=1S/C16H25NO/c1-12(2)11-16(18)15(13(3)4)9-8-14-7-5-6-10-17-14/h5-7,10,12-13,15H,8-9,11H2,1-4H3/t15-/m1/s1. The molecule has 0 aliphatic rings. The van der Waals surface area contributed by atoms with Crippen molar-refractivity contribution in [3.05, 3.63) is 30.1 Å². The maximum absolute atomic E-state index is 12.2. The Morgan fingerprint density at radius 2 is 1.94 bits per heavy atom. The smallest absolute Gasteiger partial charge is 0.136 e. The zero-order valence-electron chi connectivity index (χ0n) is 12.0. The topological polar surface area (TPSA) is 30.0 Å². The molecular formula is C16H25NO. The fraction of sp³-hybridized carbons (Fsp3) is 0.625. The number of carbonyl (C=O) groups excluding carboxylic acids is 1. The van der Waals surface area contributed by atoms with Gasteiger partial charge >= 0.3 is 0 Å². The van der Waals surface area contributed by atoms with Gasteiger partial charge in [-0.15, -0.1) is 0 Å². The second-order valence-corrected chi connectivity index (χ2v) is 5.77. The van der Waals surface area contributed by atoms with E-state index in [0.717, 1.165) is 18.5 Å². The highest BCUT2D eigenvalue weighted by Gasteiger charge is 2.22. The Kier molecular flexibility index (Phi) is 6.03. The van der Waals surface area contributed by atoms with Gasteiger partial charge in [0.05, 0.1) is 0 Å². The van der Waals surface area contributed by atoms with Gasteiger partial charge in [-0.2, -0.15) is 0 Å². The normalized spacial score (nSPS) is 13.0. The molecule has 0 aliphatic heterocycles. The third-order valence-corrected chi connectivity index (χ3v) is 3.27. The maximum Gasteiger partial charge on any atom is 0.136 e. The van der Waals surface area contributed by atoms with Crippen LogP contribution in [-0.4, -0.2) is 10.8 Å². The maximum atomic E-state index is 12.2. The van der Waals surface area contributed by atoms with Crippen molar-refractivity contribution in [2.24, 2.45) is 17.8 Å². The van der Waals surface area contributed by atoms with E-state index in [1.54, 1.807) is 0 Å². The first-order chi connectivity index (χ1) is 8.50. The number of hydrogen-bond donors (Lipinski definition) is 0. The lowest BCUT2D eigenvalue weighted by Crippen LogP contribution is -2.22. The summed E-state index contributed by atoms with van der Waals surface area (Å²) < 4.78 is 0. The quantitative estimate of drug-likeness (QED) is 0.731. The molecule has 0 radical (unpaired) electrons. The second kappa shape index (κ2) is 7.30. The van der Waals surface area contributed by atoms with Gasteiger partial charge in [0.25, 0.3) is 0 Å². The average molecular weight is 247 g/mol. The summed E-state index contributed by atoms with van der Waals surface area (Å²) in [4.78, 5) is 16.5. The molecule has 0 amide bonds. The molecular weight excluding hydrogens is 222 g/mol. The molecule has 0 unspecified atom stereocenters. The molecule has 18 heavy (non-hydrogen) atoms. The van der Waals surface area contributed by atoms with Gasteiger partial charge in [-0.25, -0.2) is 0 Å². The van der Waals surface area contributed by atoms with E-state index < -0.39 is 0 Å². The summed E-state index contributed by atoms with van der Waals surface area (Å²) in [5.74, 6) is 1.46. The lowest BCUT2D eigenvalue weighted by Gasteiger charge is -2.20. The number of ketones is 1. The molecule has 0 bridgehead atoms. The molecule has 1 aromatic heterocycles. The molecule has 0 saturated heterocycles. The van der Waals surface area contributed by atoms with E-state index in [2.05, 4.69) is 32.7 Å². The number of pyridine rings is 1. The minimum Gasteiger partial charge on any atom is -0.299 e. The molecule has 0 spiro atoms. The first kappa shape index (κ1) is 14.9. The van der Waals surface area contributed by atoms with Gasteiger partial charge in [-0.3, -0.25) is 9.78 Å². The van der Waals surface area contributed by atoms with Crippen LogP contribution >= 0.6 is 0 Å². The van der Waals surface area contributed by atoms with Gasteiger partial charge in [-0.1, -0.05) is 33.8 Å². The van der Waals surface area contributed by atoms with E-state index in [1.807, 2.05) is 24.4 Å². The van der Waals surface area contributed by atoms with Gasteiger partial charge in [0.15, 0.2) is 0 Å². The number of aromatic nitrogens is 1. The molecule has 0 saturated carbocycles. The number of hydrogen-bond acceptors (Lipinski definition) is 2. The predicted octanol–water partition coefficient (Wildman–Crippen LogP) is 3.90. The van der Waals surface area contributed by atoms with Crippen molar-refractivity contribution >= 4 is 5.78 Å². The highest BCUT2D eigenvalue weighted by molar-refractivity contribution is 5.81. The van der Waals surface area contributed by atoms with Gasteiger partial charge in [0.2, 0.25) is 0 Å². The lowest BCUT2D eigenvalue weighted by atomic mass is 9.84. The van der Waals surface area contributed by atoms with Crippen molar-refractivity contribution in [3.8, 4) is 0 Å². The molecule has 1 heterocycles. The van der Waals surface area contributed by atoms with Crippen LogP contribution < -0.4 is 0 Å². The lowest BCUT2D eigenvalue weighted by molar-refractivity contribution is -0.125. The number of Topliss-reactive ketones (excluding diaryl/α,β-unsaturated/α-hetero) is 1. The summed E-state index contributed by atoms with van der Waals surface area (Å²) >= 11 is 0. The first-order valence-corrected chi connectivity index (χ1v) is 6.93. The summed E-state index contributed by atoms with van der Waals surface area (Å²) in [6.45, 7) is 8.49. The van der Waals surface area contributed by atoms with E-state index in [4.69, 9.17) is 0 Å². The zero-order chi connectivity index (χ0) is 13.5. The molecule has 0 N–H and O–H groups in total. The minimum absolute atomic E-state index is 0.175. The van der Waals surface area contributed by atoms with Crippen LogP contribution in [-0.2, 0) is 11.2 Å². The van der Waals surface area contributed by atoms with Crippen molar-refractivity contribution in [2.45, 2.75) is 47.0 Å². The molecule has 0 fully saturated rings. The van der Waals surface area contributed by atoms with E-state index in [1.165, 1.54) is 0 Å². The Balaban J connectivity index is 2.56. The van der Waals surface area contributed by atoms with Crippen LogP contribution in [0.5, 0.6) is 0 Å². The Morgan fingerprint density at radius 1 is 1.22 bits per heavy atom. The molecule has 1 rings (SSSR count). The largest absolute Gasteiger partial charge is 0.299 e. The fourth-order valence-electron chi connectivity index (χ4n) is 2.27. The molecule has 0 aromatic carbocycles.